The molecule has 0 radical (unpaired) electrons. The van der Waals surface area contributed by atoms with Gasteiger partial charge in [0.15, 0.2) is 0 Å². The van der Waals surface area contributed by atoms with E-state index in [0.29, 0.717) is 6.04 Å². The molecule has 0 spiro atoms. The van der Waals surface area contributed by atoms with E-state index in [1.807, 2.05) is 0 Å². The molecule has 1 unspecified atom stereocenters. The first kappa shape index (κ1) is 13.4. The largest absolute Gasteiger partial charge is 0.313 e. The van der Waals surface area contributed by atoms with E-state index in [0.717, 1.165) is 12.0 Å². The molecule has 1 saturated heterocycles. The van der Waals surface area contributed by atoms with Crippen LogP contribution in [0.4, 0.5) is 0 Å². The maximum absolute atomic E-state index is 3.61. The molecule has 1 N–H and O–H groups in total. The Morgan fingerprint density at radius 3 is 2.53 bits per heavy atom. The van der Waals surface area contributed by atoms with Crippen molar-refractivity contribution in [3.8, 4) is 0 Å². The highest BCUT2D eigenvalue weighted by atomic mass is 15.2. The lowest BCUT2D eigenvalue weighted by atomic mass is 9.89. The molecule has 100 valence electrons. The molecular weight excluding hydrogens is 208 g/mol. The second-order valence-corrected chi connectivity index (χ2v) is 6.36. The normalized spacial score (nSPS) is 28.1. The van der Waals surface area contributed by atoms with Crippen LogP contribution in [-0.2, 0) is 0 Å². The summed E-state index contributed by atoms with van der Waals surface area (Å²) in [5, 5.41) is 3.61. The van der Waals surface area contributed by atoms with E-state index in [9.17, 15) is 0 Å². The number of nitrogens with one attached hydrogen (secondary N) is 1. The van der Waals surface area contributed by atoms with Gasteiger partial charge in [0.25, 0.3) is 0 Å². The van der Waals surface area contributed by atoms with Crippen molar-refractivity contribution in [3.63, 3.8) is 0 Å². The van der Waals surface area contributed by atoms with Crippen LogP contribution >= 0.6 is 0 Å². The maximum Gasteiger partial charge on any atom is 0.0221 e. The molecule has 0 aromatic rings. The third-order valence-electron chi connectivity index (χ3n) is 4.48. The summed E-state index contributed by atoms with van der Waals surface area (Å²) in [6, 6.07) is 1.45. The van der Waals surface area contributed by atoms with E-state index in [2.05, 4.69) is 24.1 Å². The van der Waals surface area contributed by atoms with Gasteiger partial charge in [-0.2, -0.15) is 0 Å². The number of rotatable bonds is 5. The van der Waals surface area contributed by atoms with Crippen molar-refractivity contribution in [1.29, 1.82) is 0 Å². The first-order valence-corrected chi connectivity index (χ1v) is 7.73. The molecule has 1 atom stereocenters. The smallest absolute Gasteiger partial charge is 0.0221 e. The van der Waals surface area contributed by atoms with Crippen molar-refractivity contribution in [1.82, 2.24) is 10.2 Å². The van der Waals surface area contributed by atoms with E-state index in [1.54, 1.807) is 0 Å². The van der Waals surface area contributed by atoms with Gasteiger partial charge in [-0.25, -0.2) is 0 Å². The Hall–Kier alpha value is -0.0800. The van der Waals surface area contributed by atoms with E-state index in [4.69, 9.17) is 0 Å². The Bertz CT molecular complexity index is 209. The number of hydrogen-bond acceptors (Lipinski definition) is 2. The predicted octanol–water partition coefficient (Wildman–Crippen LogP) is 3.03. The molecule has 0 bridgehead atoms. The topological polar surface area (TPSA) is 15.3 Å². The van der Waals surface area contributed by atoms with Gasteiger partial charge >= 0.3 is 0 Å². The molecule has 2 rings (SSSR count). The molecule has 1 aliphatic heterocycles. The quantitative estimate of drug-likeness (QED) is 0.792. The second kappa shape index (κ2) is 6.75. The highest BCUT2D eigenvalue weighted by Gasteiger charge is 2.27. The van der Waals surface area contributed by atoms with Crippen LogP contribution in [0.3, 0.4) is 0 Å². The van der Waals surface area contributed by atoms with Gasteiger partial charge in [0, 0.05) is 25.2 Å². The van der Waals surface area contributed by atoms with Crippen LogP contribution in [0.25, 0.3) is 0 Å². The molecule has 2 heteroatoms. The van der Waals surface area contributed by atoms with Crippen molar-refractivity contribution in [3.05, 3.63) is 0 Å². The Kier molecular flexibility index (Phi) is 5.30. The average molecular weight is 238 g/mol. The average Bonchev–Trinajstić information content (AvgIpc) is 2.75. The Balaban J connectivity index is 1.73. The molecular formula is C15H30N2. The van der Waals surface area contributed by atoms with Crippen molar-refractivity contribution < 1.29 is 0 Å². The first-order valence-electron chi connectivity index (χ1n) is 7.73. The van der Waals surface area contributed by atoms with Gasteiger partial charge in [0.1, 0.15) is 0 Å². The van der Waals surface area contributed by atoms with Gasteiger partial charge in [-0.3, -0.25) is 4.90 Å². The highest BCUT2D eigenvalue weighted by Crippen LogP contribution is 2.27. The summed E-state index contributed by atoms with van der Waals surface area (Å²) in [7, 11) is 0. The number of hydrogen-bond donors (Lipinski definition) is 1. The maximum atomic E-state index is 3.61. The zero-order chi connectivity index (χ0) is 12.1. The summed E-state index contributed by atoms with van der Waals surface area (Å²) in [4.78, 5) is 2.77. The van der Waals surface area contributed by atoms with Gasteiger partial charge in [0.05, 0.1) is 0 Å². The summed E-state index contributed by atoms with van der Waals surface area (Å²) in [6.45, 7) is 8.43. The predicted molar refractivity (Wildman–Crippen MR) is 74.3 cm³/mol. The van der Waals surface area contributed by atoms with Gasteiger partial charge < -0.3 is 5.32 Å². The lowest BCUT2D eigenvalue weighted by molar-refractivity contribution is 0.183. The van der Waals surface area contributed by atoms with E-state index in [1.165, 1.54) is 64.6 Å². The third-order valence-corrected chi connectivity index (χ3v) is 4.48. The molecule has 1 heterocycles. The van der Waals surface area contributed by atoms with Crippen molar-refractivity contribution in [2.24, 2.45) is 5.92 Å². The van der Waals surface area contributed by atoms with E-state index in [-0.39, 0.29) is 0 Å². The zero-order valence-electron chi connectivity index (χ0n) is 11.8. The van der Waals surface area contributed by atoms with Gasteiger partial charge in [-0.1, -0.05) is 33.1 Å². The van der Waals surface area contributed by atoms with Gasteiger partial charge in [-0.05, 0) is 38.1 Å². The fraction of sp³-hybridized carbons (Fsp3) is 1.00. The molecule has 2 fully saturated rings. The minimum Gasteiger partial charge on any atom is -0.313 e. The van der Waals surface area contributed by atoms with Gasteiger partial charge in [0.2, 0.25) is 0 Å². The first-order chi connectivity index (χ1) is 8.25. The highest BCUT2D eigenvalue weighted by molar-refractivity contribution is 4.83. The van der Waals surface area contributed by atoms with Crippen LogP contribution in [-0.4, -0.2) is 36.6 Å². The van der Waals surface area contributed by atoms with Gasteiger partial charge in [-0.15, -0.1) is 0 Å². The summed E-state index contributed by atoms with van der Waals surface area (Å²) in [5.74, 6) is 1.00. The molecule has 2 aliphatic rings. The Morgan fingerprint density at radius 2 is 1.82 bits per heavy atom. The second-order valence-electron chi connectivity index (χ2n) is 6.36. The molecule has 2 nitrogen and oxygen atoms in total. The fourth-order valence-corrected chi connectivity index (χ4v) is 3.44. The Labute approximate surface area is 107 Å². The summed E-state index contributed by atoms with van der Waals surface area (Å²) >= 11 is 0. The Morgan fingerprint density at radius 1 is 1.06 bits per heavy atom. The lowest BCUT2D eigenvalue weighted by Gasteiger charge is -2.31. The molecule has 17 heavy (non-hydrogen) atoms. The van der Waals surface area contributed by atoms with Crippen molar-refractivity contribution in [2.75, 3.05) is 19.6 Å². The monoisotopic (exact) mass is 238 g/mol. The van der Waals surface area contributed by atoms with Crippen LogP contribution in [0.15, 0.2) is 0 Å². The molecule has 0 amide bonds. The minimum absolute atomic E-state index is 0.632. The molecule has 0 aromatic heterocycles. The van der Waals surface area contributed by atoms with Crippen LogP contribution in [0.1, 0.15) is 58.8 Å². The number of nitrogens with zero attached hydrogens (tertiary/aromatic N) is 1. The van der Waals surface area contributed by atoms with Crippen molar-refractivity contribution in [2.45, 2.75) is 70.9 Å². The van der Waals surface area contributed by atoms with Crippen LogP contribution in [0.5, 0.6) is 0 Å². The summed E-state index contributed by atoms with van der Waals surface area (Å²) in [6.07, 6.45) is 10.2. The number of likely N-dealkylation sites (tertiary alicyclic amines) is 1. The van der Waals surface area contributed by atoms with Crippen LogP contribution < -0.4 is 5.32 Å². The zero-order valence-corrected chi connectivity index (χ0v) is 11.8. The third kappa shape index (κ3) is 4.26. The van der Waals surface area contributed by atoms with Crippen LogP contribution in [0.2, 0.25) is 0 Å². The molecule has 1 aliphatic carbocycles. The SMILES string of the molecule is CC(C)NCC1CCCN1CC1CCCCC1. The van der Waals surface area contributed by atoms with E-state index >= 15 is 0 Å². The fourth-order valence-electron chi connectivity index (χ4n) is 3.44. The van der Waals surface area contributed by atoms with Crippen molar-refractivity contribution >= 4 is 0 Å². The van der Waals surface area contributed by atoms with Crippen LogP contribution in [0, 0.1) is 5.92 Å². The standard InChI is InChI=1S/C15H30N2/c1-13(2)16-11-15-9-6-10-17(15)12-14-7-4-3-5-8-14/h13-16H,3-12H2,1-2H3. The summed E-state index contributed by atoms with van der Waals surface area (Å²) < 4.78 is 0. The lowest BCUT2D eigenvalue weighted by Crippen LogP contribution is -2.42. The molecule has 1 saturated carbocycles. The summed E-state index contributed by atoms with van der Waals surface area (Å²) in [5.41, 5.74) is 0. The minimum atomic E-state index is 0.632. The molecule has 0 aromatic carbocycles. The van der Waals surface area contributed by atoms with E-state index < -0.39 is 0 Å².